The summed E-state index contributed by atoms with van der Waals surface area (Å²) in [5.74, 6) is -0.515. The molecule has 0 unspecified atom stereocenters. The molecule has 1 amide bonds. The Labute approximate surface area is 182 Å². The van der Waals surface area contributed by atoms with Crippen LogP contribution in [0.3, 0.4) is 0 Å². The lowest BCUT2D eigenvalue weighted by Crippen LogP contribution is -2.37. The third-order valence-electron chi connectivity index (χ3n) is 5.48. The molecule has 168 valence electrons. The van der Waals surface area contributed by atoms with Crippen molar-refractivity contribution in [3.8, 4) is 5.75 Å². The zero-order valence-electron chi connectivity index (χ0n) is 17.6. The van der Waals surface area contributed by atoms with Crippen LogP contribution in [-0.2, 0) is 19.5 Å². The smallest absolute Gasteiger partial charge is 0.264 e. The molecule has 0 spiro atoms. The van der Waals surface area contributed by atoms with Gasteiger partial charge in [-0.05, 0) is 41.3 Å². The Morgan fingerprint density at radius 1 is 1.19 bits per heavy atom. The quantitative estimate of drug-likeness (QED) is 0.562. The van der Waals surface area contributed by atoms with Crippen molar-refractivity contribution in [1.29, 1.82) is 0 Å². The zero-order chi connectivity index (χ0) is 22.8. The fourth-order valence-electron chi connectivity index (χ4n) is 3.96. The predicted molar refractivity (Wildman–Crippen MR) is 111 cm³/mol. The van der Waals surface area contributed by atoms with Gasteiger partial charge in [0, 0.05) is 49.9 Å². The third kappa shape index (κ3) is 4.12. The molecule has 0 atom stereocenters. The Balaban J connectivity index is 1.65. The van der Waals surface area contributed by atoms with Crippen LogP contribution in [0.15, 0.2) is 36.8 Å². The van der Waals surface area contributed by atoms with Gasteiger partial charge in [0.1, 0.15) is 0 Å². The first-order valence-corrected chi connectivity index (χ1v) is 10.0. The minimum Gasteiger partial charge on any atom is -0.492 e. The number of imidazole rings is 1. The second-order valence-electron chi connectivity index (χ2n) is 7.45. The predicted octanol–water partition coefficient (Wildman–Crippen LogP) is 3.65. The zero-order valence-corrected chi connectivity index (χ0v) is 17.6. The molecule has 0 bridgehead atoms. The van der Waals surface area contributed by atoms with Crippen LogP contribution in [0.25, 0.3) is 0 Å². The number of hydrogen-bond acceptors (Lipinski definition) is 5. The molecule has 0 fully saturated rings. The molecule has 1 N–H and O–H groups in total. The van der Waals surface area contributed by atoms with Crippen molar-refractivity contribution in [1.82, 2.24) is 19.4 Å². The van der Waals surface area contributed by atoms with Gasteiger partial charge in [-0.3, -0.25) is 4.79 Å². The number of carbonyl (C=O) groups excluding carboxylic acids is 1. The summed E-state index contributed by atoms with van der Waals surface area (Å²) in [7, 11) is 3.05. The van der Waals surface area contributed by atoms with Gasteiger partial charge in [0.15, 0.2) is 5.75 Å². The first-order valence-electron chi connectivity index (χ1n) is 10.0. The molecular weight excluding hydrogens is 423 g/mol. The summed E-state index contributed by atoms with van der Waals surface area (Å²) in [5.41, 5.74) is 1.68. The maximum absolute atomic E-state index is 13.8. The van der Waals surface area contributed by atoms with Crippen molar-refractivity contribution >= 4 is 11.9 Å². The van der Waals surface area contributed by atoms with Gasteiger partial charge in [-0.15, -0.1) is 0 Å². The Morgan fingerprint density at radius 2 is 2.00 bits per heavy atom. The summed E-state index contributed by atoms with van der Waals surface area (Å²) in [6, 6.07) is 4.60. The van der Waals surface area contributed by atoms with Crippen molar-refractivity contribution < 1.29 is 22.7 Å². The maximum atomic E-state index is 13.8. The number of nitrogens with zero attached hydrogens (tertiary/aromatic N) is 4. The van der Waals surface area contributed by atoms with Crippen LogP contribution in [0.1, 0.15) is 39.0 Å². The largest absolute Gasteiger partial charge is 0.492 e. The van der Waals surface area contributed by atoms with Gasteiger partial charge in [-0.2, -0.15) is 4.39 Å². The SMILES string of the molecule is CNc1nccn1Cc1cc2c(c(C(F)F)c1)CCN(Cc1cnc(F)c(OC)c1)C2=O. The molecule has 1 aliphatic rings. The number of nitrogens with one attached hydrogen (secondary N) is 1. The molecule has 0 saturated heterocycles. The highest BCUT2D eigenvalue weighted by Crippen LogP contribution is 2.32. The van der Waals surface area contributed by atoms with E-state index in [-0.39, 0.29) is 42.4 Å². The number of rotatable bonds is 7. The number of ether oxygens (including phenoxy) is 1. The Hall–Kier alpha value is -3.56. The van der Waals surface area contributed by atoms with Crippen LogP contribution in [-0.4, -0.2) is 46.0 Å². The number of methoxy groups -OCH3 is 1. The van der Waals surface area contributed by atoms with Gasteiger partial charge in [0.25, 0.3) is 18.3 Å². The molecule has 7 nitrogen and oxygen atoms in total. The van der Waals surface area contributed by atoms with Crippen molar-refractivity contribution in [2.45, 2.75) is 25.9 Å². The highest BCUT2D eigenvalue weighted by atomic mass is 19.3. The first kappa shape index (κ1) is 21.7. The molecule has 3 heterocycles. The molecule has 1 aliphatic heterocycles. The standard InChI is InChI=1S/C22H22F3N5O2/c1-26-22-27-4-6-30(22)11-13-7-16(19(23)24)15-3-5-29(21(31)17(15)8-13)12-14-9-18(32-2)20(25)28-10-14/h4,6-10,19H,3,5,11-12H2,1-2H3,(H,26,27). The lowest BCUT2D eigenvalue weighted by Gasteiger charge is -2.30. The normalized spacial score (nSPS) is 13.4. The van der Waals surface area contributed by atoms with E-state index in [9.17, 15) is 18.0 Å². The number of carbonyl (C=O) groups is 1. The molecule has 3 aromatic rings. The van der Waals surface area contributed by atoms with Gasteiger partial charge >= 0.3 is 0 Å². The average Bonchev–Trinajstić information content (AvgIpc) is 3.23. The van der Waals surface area contributed by atoms with Crippen LogP contribution in [0.5, 0.6) is 5.75 Å². The van der Waals surface area contributed by atoms with Crippen LogP contribution < -0.4 is 10.1 Å². The molecule has 0 radical (unpaired) electrons. The number of halogens is 3. The molecular formula is C22H22F3N5O2. The van der Waals surface area contributed by atoms with Gasteiger partial charge in [-0.1, -0.05) is 0 Å². The molecule has 10 heteroatoms. The van der Waals surface area contributed by atoms with Crippen LogP contribution in [0.2, 0.25) is 0 Å². The summed E-state index contributed by atoms with van der Waals surface area (Å²) in [6.07, 6.45) is 2.28. The second kappa shape index (κ2) is 8.89. The fraction of sp³-hybridized carbons (Fsp3) is 0.318. The number of hydrogen-bond donors (Lipinski definition) is 1. The van der Waals surface area contributed by atoms with Gasteiger partial charge in [-0.25, -0.2) is 18.7 Å². The van der Waals surface area contributed by atoms with Gasteiger partial charge < -0.3 is 19.5 Å². The van der Waals surface area contributed by atoms with E-state index in [2.05, 4.69) is 15.3 Å². The number of alkyl halides is 2. The van der Waals surface area contributed by atoms with Crippen molar-refractivity contribution in [3.63, 3.8) is 0 Å². The molecule has 32 heavy (non-hydrogen) atoms. The van der Waals surface area contributed by atoms with E-state index in [1.165, 1.54) is 25.4 Å². The fourth-order valence-corrected chi connectivity index (χ4v) is 3.96. The van der Waals surface area contributed by atoms with E-state index in [4.69, 9.17) is 4.74 Å². The third-order valence-corrected chi connectivity index (χ3v) is 5.48. The van der Waals surface area contributed by atoms with Crippen LogP contribution >= 0.6 is 0 Å². The summed E-state index contributed by atoms with van der Waals surface area (Å²) < 4.78 is 48.0. The number of aromatic nitrogens is 3. The minimum absolute atomic E-state index is 0.0182. The average molecular weight is 445 g/mol. The summed E-state index contributed by atoms with van der Waals surface area (Å²) in [4.78, 5) is 22.6. The van der Waals surface area contributed by atoms with E-state index in [1.54, 1.807) is 35.0 Å². The molecule has 1 aromatic carbocycles. The molecule has 0 aliphatic carbocycles. The lowest BCUT2D eigenvalue weighted by atomic mass is 9.91. The number of benzene rings is 1. The summed E-state index contributed by atoms with van der Waals surface area (Å²) in [5, 5.41) is 2.94. The van der Waals surface area contributed by atoms with Gasteiger partial charge in [0.2, 0.25) is 5.95 Å². The number of pyridine rings is 1. The minimum atomic E-state index is -2.69. The summed E-state index contributed by atoms with van der Waals surface area (Å²) in [6.45, 7) is 0.729. The van der Waals surface area contributed by atoms with Crippen LogP contribution in [0.4, 0.5) is 19.1 Å². The summed E-state index contributed by atoms with van der Waals surface area (Å²) >= 11 is 0. The highest BCUT2D eigenvalue weighted by molar-refractivity contribution is 5.97. The Morgan fingerprint density at radius 3 is 2.72 bits per heavy atom. The van der Waals surface area contributed by atoms with E-state index in [0.717, 1.165) is 0 Å². The maximum Gasteiger partial charge on any atom is 0.264 e. The molecule has 0 saturated carbocycles. The first-order chi connectivity index (χ1) is 15.4. The van der Waals surface area contributed by atoms with E-state index >= 15 is 0 Å². The van der Waals surface area contributed by atoms with Crippen molar-refractivity contribution in [2.75, 3.05) is 26.0 Å². The molecule has 4 rings (SSSR count). The molecule has 2 aromatic heterocycles. The van der Waals surface area contributed by atoms with E-state index < -0.39 is 12.4 Å². The lowest BCUT2D eigenvalue weighted by molar-refractivity contribution is 0.0723. The van der Waals surface area contributed by atoms with Gasteiger partial charge in [0.05, 0.1) is 13.7 Å². The number of amides is 1. The van der Waals surface area contributed by atoms with Crippen molar-refractivity contribution in [2.24, 2.45) is 0 Å². The van der Waals surface area contributed by atoms with Crippen LogP contribution in [0, 0.1) is 5.95 Å². The topological polar surface area (TPSA) is 72.3 Å². The second-order valence-corrected chi connectivity index (χ2v) is 7.45. The van der Waals surface area contributed by atoms with E-state index in [1.807, 2.05) is 0 Å². The number of fused-ring (bicyclic) bond motifs is 1. The Bertz CT molecular complexity index is 1150. The van der Waals surface area contributed by atoms with E-state index in [0.29, 0.717) is 29.1 Å². The Kier molecular flexibility index (Phi) is 6.02. The highest BCUT2D eigenvalue weighted by Gasteiger charge is 2.29. The number of anilines is 1. The monoisotopic (exact) mass is 445 g/mol. The van der Waals surface area contributed by atoms with Crippen molar-refractivity contribution in [3.05, 3.63) is 70.6 Å².